The second kappa shape index (κ2) is 14.1. The summed E-state index contributed by atoms with van der Waals surface area (Å²) in [5.74, 6) is -3.27. The average molecular weight is 517 g/mol. The minimum Gasteiger partial charge on any atom is -0.480 e. The van der Waals surface area contributed by atoms with Crippen LogP contribution < -0.4 is 21.7 Å². The van der Waals surface area contributed by atoms with Crippen LogP contribution in [0, 0.1) is 5.92 Å². The summed E-state index contributed by atoms with van der Waals surface area (Å²) in [5, 5.41) is 26.9. The number of hydrogen-bond donors (Lipinski definition) is 7. The van der Waals surface area contributed by atoms with Gasteiger partial charge in [0.1, 0.15) is 24.2 Å². The number of carboxylic acid groups (broad SMARTS) is 1. The summed E-state index contributed by atoms with van der Waals surface area (Å²) in [5.41, 5.74) is 7.00. The van der Waals surface area contributed by atoms with Crippen molar-refractivity contribution in [3.05, 3.63) is 54.1 Å². The summed E-state index contributed by atoms with van der Waals surface area (Å²) < 4.78 is 0. The van der Waals surface area contributed by atoms with Gasteiger partial charge in [0.2, 0.25) is 17.7 Å². The smallest absolute Gasteiger partial charge is 0.326 e. The quantitative estimate of drug-likeness (QED) is 0.174. The van der Waals surface area contributed by atoms with E-state index in [1.807, 2.05) is 19.9 Å². The molecule has 5 atom stereocenters. The first-order valence-corrected chi connectivity index (χ1v) is 12.1. The van der Waals surface area contributed by atoms with Gasteiger partial charge in [0.05, 0.1) is 12.4 Å². The third-order valence-corrected chi connectivity index (χ3v) is 5.67. The number of carbonyl (C=O) groups excluding carboxylic acids is 3. The predicted molar refractivity (Wildman–Crippen MR) is 135 cm³/mol. The summed E-state index contributed by atoms with van der Waals surface area (Å²) in [6.45, 7) is 5.03. The molecule has 0 aliphatic rings. The van der Waals surface area contributed by atoms with Crippen LogP contribution in [0.25, 0.3) is 0 Å². The van der Waals surface area contributed by atoms with Gasteiger partial charge in [0.25, 0.3) is 0 Å². The van der Waals surface area contributed by atoms with Gasteiger partial charge < -0.3 is 36.9 Å². The van der Waals surface area contributed by atoms with Crippen molar-refractivity contribution in [2.75, 3.05) is 0 Å². The lowest BCUT2D eigenvalue weighted by atomic mass is 10.0. The van der Waals surface area contributed by atoms with Crippen molar-refractivity contribution < 1.29 is 29.4 Å². The first kappa shape index (κ1) is 29.5. The normalized spacial score (nSPS) is 15.2. The van der Waals surface area contributed by atoms with Gasteiger partial charge in [-0.2, -0.15) is 0 Å². The zero-order valence-corrected chi connectivity index (χ0v) is 21.2. The van der Waals surface area contributed by atoms with Crippen molar-refractivity contribution in [2.45, 2.75) is 70.3 Å². The van der Waals surface area contributed by atoms with E-state index < -0.39 is 54.0 Å². The van der Waals surface area contributed by atoms with Gasteiger partial charge in [-0.15, -0.1) is 0 Å². The van der Waals surface area contributed by atoms with Crippen LogP contribution >= 0.6 is 0 Å². The summed E-state index contributed by atoms with van der Waals surface area (Å²) in [6.07, 6.45) is 2.06. The van der Waals surface area contributed by atoms with Crippen molar-refractivity contribution in [2.24, 2.45) is 11.7 Å². The maximum atomic E-state index is 13.3. The van der Waals surface area contributed by atoms with Crippen molar-refractivity contribution in [1.82, 2.24) is 25.9 Å². The SMILES string of the molecule is CC(C)CC(NC(=O)C(Cc1ccccc1)NC(=O)C(Cc1cnc[nH]1)NC(=O)C(N)C(C)O)C(=O)O. The molecule has 0 radical (unpaired) electrons. The molecule has 1 heterocycles. The van der Waals surface area contributed by atoms with E-state index >= 15 is 0 Å². The molecular formula is C25H36N6O6. The second-order valence-corrected chi connectivity index (χ2v) is 9.39. The van der Waals surface area contributed by atoms with Crippen LogP contribution in [0.2, 0.25) is 0 Å². The van der Waals surface area contributed by atoms with E-state index in [0.29, 0.717) is 5.69 Å². The van der Waals surface area contributed by atoms with Crippen LogP contribution in [0.5, 0.6) is 0 Å². The molecule has 5 unspecified atom stereocenters. The molecule has 0 saturated heterocycles. The highest BCUT2D eigenvalue weighted by molar-refractivity contribution is 5.94. The fourth-order valence-electron chi connectivity index (χ4n) is 3.61. The molecule has 12 nitrogen and oxygen atoms in total. The molecule has 0 aliphatic carbocycles. The summed E-state index contributed by atoms with van der Waals surface area (Å²) >= 11 is 0. The maximum Gasteiger partial charge on any atom is 0.326 e. The number of H-pyrrole nitrogens is 1. The number of aliphatic hydroxyl groups is 1. The minimum absolute atomic E-state index is 0.00881. The van der Waals surface area contributed by atoms with Crippen molar-refractivity contribution in [3.8, 4) is 0 Å². The molecule has 0 bridgehead atoms. The first-order valence-electron chi connectivity index (χ1n) is 12.1. The van der Waals surface area contributed by atoms with Crippen molar-refractivity contribution in [3.63, 3.8) is 0 Å². The molecule has 8 N–H and O–H groups in total. The lowest BCUT2D eigenvalue weighted by molar-refractivity contribution is -0.142. The summed E-state index contributed by atoms with van der Waals surface area (Å²) in [7, 11) is 0. The molecule has 0 spiro atoms. The number of aliphatic carboxylic acids is 1. The second-order valence-electron chi connectivity index (χ2n) is 9.39. The number of aliphatic hydroxyl groups excluding tert-OH is 1. The molecule has 0 aliphatic heterocycles. The number of aromatic nitrogens is 2. The van der Waals surface area contributed by atoms with Crippen LogP contribution in [0.1, 0.15) is 38.4 Å². The lowest BCUT2D eigenvalue weighted by Crippen LogP contribution is -2.59. The third-order valence-electron chi connectivity index (χ3n) is 5.67. The lowest BCUT2D eigenvalue weighted by Gasteiger charge is -2.26. The van der Waals surface area contributed by atoms with E-state index in [4.69, 9.17) is 5.73 Å². The van der Waals surface area contributed by atoms with Gasteiger partial charge in [-0.05, 0) is 24.8 Å². The Bertz CT molecular complexity index is 1030. The van der Waals surface area contributed by atoms with Gasteiger partial charge in [0, 0.05) is 24.7 Å². The van der Waals surface area contributed by atoms with E-state index in [2.05, 4.69) is 25.9 Å². The molecule has 3 amide bonds. The molecule has 1 aromatic carbocycles. The molecule has 1 aromatic heterocycles. The number of carboxylic acids is 1. The van der Waals surface area contributed by atoms with Crippen LogP contribution in [0.15, 0.2) is 42.9 Å². The number of hydrogen-bond acceptors (Lipinski definition) is 7. The number of amides is 3. The number of nitrogens with one attached hydrogen (secondary N) is 4. The van der Waals surface area contributed by atoms with Crippen molar-refractivity contribution >= 4 is 23.7 Å². The number of carbonyl (C=O) groups is 4. The standard InChI is InChI=1S/C25H36N6O6/c1-14(2)9-20(25(36)37)31-22(33)18(10-16-7-5-4-6-8-16)29-23(34)19(11-17-12-27-13-28-17)30-24(35)21(26)15(3)32/h4-8,12-15,18-21,32H,9-11,26H2,1-3H3,(H,27,28)(H,29,34)(H,30,35)(H,31,33)(H,36,37). The number of nitrogens with two attached hydrogens (primary N) is 1. The Labute approximate surface area is 215 Å². The number of imidazole rings is 1. The summed E-state index contributed by atoms with van der Waals surface area (Å²) in [6, 6.07) is 4.24. The Morgan fingerprint density at radius 3 is 2.00 bits per heavy atom. The van der Waals surface area contributed by atoms with E-state index in [-0.39, 0.29) is 25.2 Å². The maximum absolute atomic E-state index is 13.3. The van der Waals surface area contributed by atoms with E-state index in [1.165, 1.54) is 19.4 Å². The van der Waals surface area contributed by atoms with Gasteiger partial charge in [0.15, 0.2) is 0 Å². The third kappa shape index (κ3) is 9.66. The molecule has 0 saturated carbocycles. The number of aromatic amines is 1. The average Bonchev–Trinajstić information content (AvgIpc) is 3.35. The highest BCUT2D eigenvalue weighted by Gasteiger charge is 2.31. The highest BCUT2D eigenvalue weighted by Crippen LogP contribution is 2.09. The fraction of sp³-hybridized carbons (Fsp3) is 0.480. The van der Waals surface area contributed by atoms with Gasteiger partial charge in [-0.25, -0.2) is 9.78 Å². The minimum atomic E-state index is -1.27. The Balaban J connectivity index is 2.28. The fourth-order valence-corrected chi connectivity index (χ4v) is 3.61. The van der Waals surface area contributed by atoms with Gasteiger partial charge in [-0.3, -0.25) is 14.4 Å². The highest BCUT2D eigenvalue weighted by atomic mass is 16.4. The van der Waals surface area contributed by atoms with Crippen LogP contribution in [-0.2, 0) is 32.0 Å². The predicted octanol–water partition coefficient (Wildman–Crippen LogP) is -0.512. The molecule has 12 heteroatoms. The monoisotopic (exact) mass is 516 g/mol. The largest absolute Gasteiger partial charge is 0.480 e. The van der Waals surface area contributed by atoms with Gasteiger partial charge in [-0.1, -0.05) is 44.2 Å². The molecule has 2 aromatic rings. The zero-order chi connectivity index (χ0) is 27.5. The molecule has 2 rings (SSSR count). The number of benzene rings is 1. The number of nitrogens with zero attached hydrogens (tertiary/aromatic N) is 1. The Hall–Kier alpha value is -3.77. The van der Waals surface area contributed by atoms with Crippen LogP contribution in [0.3, 0.4) is 0 Å². The van der Waals surface area contributed by atoms with E-state index in [1.54, 1.807) is 24.3 Å². The Morgan fingerprint density at radius 2 is 1.49 bits per heavy atom. The van der Waals surface area contributed by atoms with Gasteiger partial charge >= 0.3 is 5.97 Å². The number of rotatable bonds is 14. The molecular weight excluding hydrogens is 480 g/mol. The molecule has 37 heavy (non-hydrogen) atoms. The topological polar surface area (TPSA) is 200 Å². The van der Waals surface area contributed by atoms with Crippen LogP contribution in [0.4, 0.5) is 0 Å². The van der Waals surface area contributed by atoms with E-state index in [9.17, 15) is 29.4 Å². The van der Waals surface area contributed by atoms with Crippen molar-refractivity contribution in [1.29, 1.82) is 0 Å². The molecule has 0 fully saturated rings. The van der Waals surface area contributed by atoms with E-state index in [0.717, 1.165) is 5.56 Å². The molecule has 202 valence electrons. The first-order chi connectivity index (χ1) is 17.5. The van der Waals surface area contributed by atoms with Crippen LogP contribution in [-0.4, -0.2) is 74.1 Å². The Morgan fingerprint density at radius 1 is 0.919 bits per heavy atom. The zero-order valence-electron chi connectivity index (χ0n) is 21.2. The Kier molecular flexibility index (Phi) is 11.2. The summed E-state index contributed by atoms with van der Waals surface area (Å²) in [4.78, 5) is 57.5.